The molecule has 1 heterocycles. The summed E-state index contributed by atoms with van der Waals surface area (Å²) in [6.07, 6.45) is -0.683. The minimum Gasteiger partial charge on any atom is -0.478 e. The van der Waals surface area contributed by atoms with E-state index in [0.29, 0.717) is 6.54 Å². The number of rotatable bonds is 3. The molecule has 1 aliphatic rings. The average Bonchev–Trinajstić information content (AvgIpc) is 2.41. The monoisotopic (exact) mass is 266 g/mol. The molecule has 0 bridgehead atoms. The number of carbonyl (C=O) groups is 1. The number of benzene rings is 1. The van der Waals surface area contributed by atoms with E-state index >= 15 is 0 Å². The van der Waals surface area contributed by atoms with Crippen LogP contribution in [0.15, 0.2) is 24.3 Å². The number of ether oxygens (including phenoxy) is 1. The van der Waals surface area contributed by atoms with Crippen LogP contribution in [0.3, 0.4) is 0 Å². The van der Waals surface area contributed by atoms with Gasteiger partial charge in [0.15, 0.2) is 17.7 Å². The summed E-state index contributed by atoms with van der Waals surface area (Å²) in [7, 11) is 0. The van der Waals surface area contributed by atoms with Gasteiger partial charge < -0.3 is 15.0 Å². The van der Waals surface area contributed by atoms with Crippen molar-refractivity contribution in [1.82, 2.24) is 10.2 Å². The molecule has 2 rings (SSSR count). The Hall–Kier alpha value is -1.62. The molecule has 1 aromatic carbocycles. The predicted octanol–water partition coefficient (Wildman–Crippen LogP) is 1.41. The van der Waals surface area contributed by atoms with Gasteiger partial charge in [0.1, 0.15) is 0 Å². The molecule has 0 aliphatic carbocycles. The zero-order valence-electron chi connectivity index (χ0n) is 11.2. The molecule has 5 heteroatoms. The summed E-state index contributed by atoms with van der Waals surface area (Å²) in [5.41, 5.74) is 0. The van der Waals surface area contributed by atoms with E-state index in [2.05, 4.69) is 5.32 Å². The molecule has 104 valence electrons. The summed E-state index contributed by atoms with van der Waals surface area (Å²) in [5.74, 6) is -0.432. The van der Waals surface area contributed by atoms with Crippen LogP contribution in [-0.2, 0) is 4.79 Å². The molecule has 19 heavy (non-hydrogen) atoms. The molecular weight excluding hydrogens is 247 g/mol. The Morgan fingerprint density at radius 1 is 1.53 bits per heavy atom. The number of carbonyl (C=O) groups excluding carboxylic acids is 1. The van der Waals surface area contributed by atoms with Crippen molar-refractivity contribution in [2.45, 2.75) is 26.0 Å². The fourth-order valence-corrected chi connectivity index (χ4v) is 2.18. The third-order valence-corrected chi connectivity index (χ3v) is 3.27. The SMILES string of the molecule is CC(Oc1ccccc1F)C(=O)N1CCNC[C@H]1C. The van der Waals surface area contributed by atoms with Crippen LogP contribution in [0.25, 0.3) is 0 Å². The summed E-state index contributed by atoms with van der Waals surface area (Å²) in [5, 5.41) is 3.22. The van der Waals surface area contributed by atoms with Gasteiger partial charge >= 0.3 is 0 Å². The fourth-order valence-electron chi connectivity index (χ4n) is 2.18. The average molecular weight is 266 g/mol. The van der Waals surface area contributed by atoms with Crippen molar-refractivity contribution >= 4 is 5.91 Å². The van der Waals surface area contributed by atoms with Crippen molar-refractivity contribution in [3.8, 4) is 5.75 Å². The van der Waals surface area contributed by atoms with Crippen LogP contribution in [0.5, 0.6) is 5.75 Å². The van der Waals surface area contributed by atoms with Crippen LogP contribution in [-0.4, -0.2) is 42.6 Å². The number of hydrogen-bond donors (Lipinski definition) is 1. The fraction of sp³-hybridized carbons (Fsp3) is 0.500. The smallest absolute Gasteiger partial charge is 0.263 e. The molecule has 1 aromatic rings. The molecule has 1 N–H and O–H groups in total. The Labute approximate surface area is 112 Å². The van der Waals surface area contributed by atoms with Crippen molar-refractivity contribution in [1.29, 1.82) is 0 Å². The predicted molar refractivity (Wildman–Crippen MR) is 70.5 cm³/mol. The number of halogens is 1. The van der Waals surface area contributed by atoms with Crippen molar-refractivity contribution in [3.05, 3.63) is 30.1 Å². The van der Waals surface area contributed by atoms with Gasteiger partial charge in [-0.25, -0.2) is 4.39 Å². The third kappa shape index (κ3) is 3.23. The number of hydrogen-bond acceptors (Lipinski definition) is 3. The lowest BCUT2D eigenvalue weighted by molar-refractivity contribution is -0.140. The molecule has 0 saturated carbocycles. The lowest BCUT2D eigenvalue weighted by Gasteiger charge is -2.35. The molecule has 0 radical (unpaired) electrons. The Bertz CT molecular complexity index is 453. The number of para-hydroxylation sites is 1. The van der Waals surface area contributed by atoms with Gasteiger partial charge in [0.25, 0.3) is 5.91 Å². The van der Waals surface area contributed by atoms with Gasteiger partial charge in [-0.2, -0.15) is 0 Å². The topological polar surface area (TPSA) is 41.6 Å². The van der Waals surface area contributed by atoms with Gasteiger partial charge in [0.05, 0.1) is 0 Å². The molecule has 0 aromatic heterocycles. The largest absolute Gasteiger partial charge is 0.478 e. The summed E-state index contributed by atoms with van der Waals surface area (Å²) in [6, 6.07) is 6.25. The lowest BCUT2D eigenvalue weighted by Crippen LogP contribution is -2.55. The molecule has 4 nitrogen and oxygen atoms in total. The highest BCUT2D eigenvalue weighted by molar-refractivity contribution is 5.81. The summed E-state index contributed by atoms with van der Waals surface area (Å²) >= 11 is 0. The second-order valence-electron chi connectivity index (χ2n) is 4.78. The van der Waals surface area contributed by atoms with Gasteiger partial charge in [-0.05, 0) is 26.0 Å². The van der Waals surface area contributed by atoms with E-state index in [1.807, 2.05) is 6.92 Å². The first kappa shape index (κ1) is 13.8. The maximum absolute atomic E-state index is 13.5. The van der Waals surface area contributed by atoms with Gasteiger partial charge in [-0.1, -0.05) is 12.1 Å². The van der Waals surface area contributed by atoms with Gasteiger partial charge in [0.2, 0.25) is 0 Å². The Morgan fingerprint density at radius 3 is 2.95 bits per heavy atom. The van der Waals surface area contributed by atoms with E-state index in [0.717, 1.165) is 13.1 Å². The first-order chi connectivity index (χ1) is 9.09. The van der Waals surface area contributed by atoms with Crippen LogP contribution >= 0.6 is 0 Å². The van der Waals surface area contributed by atoms with Crippen molar-refractivity contribution in [2.75, 3.05) is 19.6 Å². The second-order valence-corrected chi connectivity index (χ2v) is 4.78. The highest BCUT2D eigenvalue weighted by atomic mass is 19.1. The van der Waals surface area contributed by atoms with Gasteiger partial charge in [-0.15, -0.1) is 0 Å². The standard InChI is InChI=1S/C14H19FN2O2/c1-10-9-16-7-8-17(10)14(18)11(2)19-13-6-4-3-5-12(13)15/h3-6,10-11,16H,7-9H2,1-2H3/t10-,11?/m1/s1. The maximum Gasteiger partial charge on any atom is 0.263 e. The van der Waals surface area contributed by atoms with Crippen LogP contribution in [0.1, 0.15) is 13.8 Å². The zero-order valence-corrected chi connectivity index (χ0v) is 11.2. The number of nitrogens with one attached hydrogen (secondary N) is 1. The second kappa shape index (κ2) is 6.02. The van der Waals surface area contributed by atoms with Crippen LogP contribution in [0.2, 0.25) is 0 Å². The first-order valence-corrected chi connectivity index (χ1v) is 6.52. The number of amides is 1. The maximum atomic E-state index is 13.5. The molecular formula is C14H19FN2O2. The molecule has 1 aliphatic heterocycles. The molecule has 1 unspecified atom stereocenters. The summed E-state index contributed by atoms with van der Waals surface area (Å²) in [6.45, 7) is 5.86. The Kier molecular flexibility index (Phi) is 4.37. The van der Waals surface area contributed by atoms with E-state index in [1.54, 1.807) is 24.0 Å². The number of piperazine rings is 1. The van der Waals surface area contributed by atoms with E-state index in [-0.39, 0.29) is 17.7 Å². The highest BCUT2D eigenvalue weighted by Crippen LogP contribution is 2.18. The Morgan fingerprint density at radius 2 is 2.26 bits per heavy atom. The molecule has 2 atom stereocenters. The molecule has 1 fully saturated rings. The van der Waals surface area contributed by atoms with Crippen molar-refractivity contribution in [2.24, 2.45) is 0 Å². The minimum atomic E-state index is -0.683. The van der Waals surface area contributed by atoms with E-state index in [9.17, 15) is 9.18 Å². The number of nitrogens with zero attached hydrogens (tertiary/aromatic N) is 1. The van der Waals surface area contributed by atoms with E-state index in [4.69, 9.17) is 4.74 Å². The third-order valence-electron chi connectivity index (χ3n) is 3.27. The quantitative estimate of drug-likeness (QED) is 0.899. The normalized spacial score (nSPS) is 21.0. The van der Waals surface area contributed by atoms with Crippen molar-refractivity contribution in [3.63, 3.8) is 0 Å². The van der Waals surface area contributed by atoms with Crippen molar-refractivity contribution < 1.29 is 13.9 Å². The summed E-state index contributed by atoms with van der Waals surface area (Å²) in [4.78, 5) is 14.1. The van der Waals surface area contributed by atoms with Gasteiger partial charge in [0, 0.05) is 25.7 Å². The Balaban J connectivity index is 2.01. The zero-order chi connectivity index (χ0) is 13.8. The lowest BCUT2D eigenvalue weighted by atomic mass is 10.2. The molecule has 1 saturated heterocycles. The molecule has 1 amide bonds. The van der Waals surface area contributed by atoms with E-state index < -0.39 is 11.9 Å². The van der Waals surface area contributed by atoms with E-state index in [1.165, 1.54) is 12.1 Å². The first-order valence-electron chi connectivity index (χ1n) is 6.52. The van der Waals surface area contributed by atoms with Crippen LogP contribution in [0.4, 0.5) is 4.39 Å². The highest BCUT2D eigenvalue weighted by Gasteiger charge is 2.28. The van der Waals surface area contributed by atoms with Crippen LogP contribution < -0.4 is 10.1 Å². The van der Waals surface area contributed by atoms with Crippen LogP contribution in [0, 0.1) is 5.82 Å². The molecule has 0 spiro atoms. The van der Waals surface area contributed by atoms with Gasteiger partial charge in [-0.3, -0.25) is 4.79 Å². The summed E-state index contributed by atoms with van der Waals surface area (Å²) < 4.78 is 18.9. The minimum absolute atomic E-state index is 0.0998.